The van der Waals surface area contributed by atoms with Gasteiger partial charge in [-0.25, -0.2) is 9.13 Å². The second-order valence-electron chi connectivity index (χ2n) is 26.0. The minimum atomic E-state index is -4.95. The molecule has 0 aliphatic rings. The zero-order valence-corrected chi connectivity index (χ0v) is 58.3. The second kappa shape index (κ2) is 59.1. The van der Waals surface area contributed by atoms with Gasteiger partial charge in [-0.05, 0) is 43.4 Å². The lowest BCUT2D eigenvalue weighted by molar-refractivity contribution is -0.161. The van der Waals surface area contributed by atoms with Crippen LogP contribution in [-0.2, 0) is 65.4 Å². The van der Waals surface area contributed by atoms with Crippen molar-refractivity contribution in [2.45, 2.75) is 356 Å². The third kappa shape index (κ3) is 62.6. The quantitative estimate of drug-likeness (QED) is 0.0222. The van der Waals surface area contributed by atoms with E-state index in [4.69, 9.17) is 37.0 Å². The first-order chi connectivity index (χ1) is 41.7. The van der Waals surface area contributed by atoms with Crippen LogP contribution in [0.25, 0.3) is 0 Å². The number of phosphoric acid groups is 2. The van der Waals surface area contributed by atoms with Crippen LogP contribution in [-0.4, -0.2) is 96.7 Å². The van der Waals surface area contributed by atoms with Crippen LogP contribution in [0, 0.1) is 17.8 Å². The van der Waals surface area contributed by atoms with E-state index in [9.17, 15) is 43.2 Å². The van der Waals surface area contributed by atoms with E-state index in [1.165, 1.54) is 135 Å². The Kier molecular flexibility index (Phi) is 57.8. The molecule has 0 aliphatic carbocycles. The number of rotatable bonds is 66. The van der Waals surface area contributed by atoms with E-state index in [0.717, 1.165) is 103 Å². The van der Waals surface area contributed by atoms with Crippen molar-refractivity contribution in [3.05, 3.63) is 0 Å². The highest BCUT2D eigenvalue weighted by atomic mass is 31.2. The van der Waals surface area contributed by atoms with Crippen LogP contribution in [0.4, 0.5) is 0 Å². The first-order valence-electron chi connectivity index (χ1n) is 35.3. The Hall–Kier alpha value is -1.94. The molecule has 0 aromatic heterocycles. The maximum atomic E-state index is 13.0. The molecule has 5 atom stereocenters. The Bertz CT molecular complexity index is 1720. The molecule has 0 fully saturated rings. The molecule has 0 aliphatic heterocycles. The third-order valence-corrected chi connectivity index (χ3v) is 17.5. The van der Waals surface area contributed by atoms with Crippen LogP contribution in [0.2, 0.25) is 0 Å². The zero-order valence-electron chi connectivity index (χ0n) is 56.5. The topological polar surface area (TPSA) is 237 Å². The molecule has 87 heavy (non-hydrogen) atoms. The van der Waals surface area contributed by atoms with Gasteiger partial charge < -0.3 is 33.8 Å². The zero-order chi connectivity index (χ0) is 64.5. The highest BCUT2D eigenvalue weighted by molar-refractivity contribution is 7.47. The highest BCUT2D eigenvalue weighted by Gasteiger charge is 2.30. The molecule has 0 heterocycles. The van der Waals surface area contributed by atoms with Gasteiger partial charge in [-0.15, -0.1) is 0 Å². The Labute approximate surface area is 530 Å². The van der Waals surface area contributed by atoms with Gasteiger partial charge >= 0.3 is 39.5 Å². The van der Waals surface area contributed by atoms with Crippen molar-refractivity contribution >= 4 is 39.5 Å². The van der Waals surface area contributed by atoms with Crippen LogP contribution in [0.3, 0.4) is 0 Å². The van der Waals surface area contributed by atoms with Gasteiger partial charge in [0.2, 0.25) is 0 Å². The van der Waals surface area contributed by atoms with E-state index in [1.807, 2.05) is 0 Å². The smallest absolute Gasteiger partial charge is 0.462 e. The minimum Gasteiger partial charge on any atom is -0.462 e. The van der Waals surface area contributed by atoms with Crippen molar-refractivity contribution < 1.29 is 80.2 Å². The van der Waals surface area contributed by atoms with Gasteiger partial charge in [0.1, 0.15) is 19.3 Å². The predicted octanol–water partition coefficient (Wildman–Crippen LogP) is 19.1. The number of hydrogen-bond donors (Lipinski definition) is 3. The van der Waals surface area contributed by atoms with E-state index in [-0.39, 0.29) is 25.7 Å². The highest BCUT2D eigenvalue weighted by Crippen LogP contribution is 2.45. The van der Waals surface area contributed by atoms with Crippen molar-refractivity contribution in [3.8, 4) is 0 Å². The first-order valence-corrected chi connectivity index (χ1v) is 38.3. The van der Waals surface area contributed by atoms with Gasteiger partial charge in [-0.1, -0.05) is 286 Å². The number of carbonyl (C=O) groups excluding carboxylic acids is 4. The van der Waals surface area contributed by atoms with Crippen molar-refractivity contribution in [3.63, 3.8) is 0 Å². The van der Waals surface area contributed by atoms with Gasteiger partial charge in [0.25, 0.3) is 0 Å². The van der Waals surface area contributed by atoms with Crippen molar-refractivity contribution in [1.29, 1.82) is 0 Å². The average Bonchev–Trinajstić information content (AvgIpc) is 3.50. The molecule has 0 bridgehead atoms. The lowest BCUT2D eigenvalue weighted by Crippen LogP contribution is -2.30. The summed E-state index contributed by atoms with van der Waals surface area (Å²) in [4.78, 5) is 72.4. The molecule has 0 amide bonds. The number of carbonyl (C=O) groups is 4. The number of phosphoric ester groups is 2. The van der Waals surface area contributed by atoms with Gasteiger partial charge in [0, 0.05) is 25.7 Å². The Morgan fingerprint density at radius 2 is 0.529 bits per heavy atom. The normalized spacial score (nSPS) is 14.3. The molecule has 0 aromatic carbocycles. The van der Waals surface area contributed by atoms with E-state index in [0.29, 0.717) is 43.4 Å². The fourth-order valence-corrected chi connectivity index (χ4v) is 11.8. The van der Waals surface area contributed by atoms with E-state index in [2.05, 4.69) is 48.5 Å². The Balaban J connectivity index is 5.21. The molecule has 17 nitrogen and oxygen atoms in total. The van der Waals surface area contributed by atoms with Crippen LogP contribution >= 0.6 is 15.6 Å². The molecule has 3 N–H and O–H groups in total. The lowest BCUT2D eigenvalue weighted by atomic mass is 10.0. The standard InChI is InChI=1S/C68H132O17P2/c1-8-9-10-11-12-13-14-15-16-17-18-19-20-21-28-37-44-51-67(72)84-63(55-78-65(70)49-42-35-29-22-25-32-39-46-59(2)3)57-82-86(74,75)80-53-62(69)54-81-87(76,77)83-58-64(85-68(73)52-45-38-31-24-27-34-41-48-61(6)7)56-79-66(71)50-43-36-30-23-26-33-40-47-60(4)5/h59-64,69H,8-58H2,1-7H3,(H,74,75)(H,76,77)/t62-,63-,64-/m1/s1. The Morgan fingerprint density at radius 1 is 0.310 bits per heavy atom. The molecule has 0 radical (unpaired) electrons. The molecule has 0 rings (SSSR count). The van der Waals surface area contributed by atoms with Crippen molar-refractivity contribution in [1.82, 2.24) is 0 Å². The average molecular weight is 1280 g/mol. The minimum absolute atomic E-state index is 0.102. The number of hydrogen-bond acceptors (Lipinski definition) is 15. The second-order valence-corrected chi connectivity index (χ2v) is 28.9. The van der Waals surface area contributed by atoms with Crippen molar-refractivity contribution in [2.24, 2.45) is 17.8 Å². The maximum absolute atomic E-state index is 13.0. The third-order valence-electron chi connectivity index (χ3n) is 15.6. The van der Waals surface area contributed by atoms with Gasteiger partial charge in [-0.3, -0.25) is 37.3 Å². The predicted molar refractivity (Wildman–Crippen MR) is 349 cm³/mol. The number of aliphatic hydroxyl groups is 1. The number of ether oxygens (including phenoxy) is 4. The maximum Gasteiger partial charge on any atom is 0.472 e. The van der Waals surface area contributed by atoms with Crippen LogP contribution in [0.1, 0.15) is 337 Å². The summed E-state index contributed by atoms with van der Waals surface area (Å²) in [5.41, 5.74) is 0. The van der Waals surface area contributed by atoms with Gasteiger partial charge in [0.05, 0.1) is 26.4 Å². The van der Waals surface area contributed by atoms with Crippen LogP contribution in [0.5, 0.6) is 0 Å². The van der Waals surface area contributed by atoms with E-state index < -0.39 is 97.5 Å². The molecule has 19 heteroatoms. The monoisotopic (exact) mass is 1280 g/mol. The van der Waals surface area contributed by atoms with Gasteiger partial charge in [0.15, 0.2) is 12.2 Å². The molecule has 2 unspecified atom stereocenters. The number of unbranched alkanes of at least 4 members (excludes halogenated alkanes) is 34. The molecule has 0 saturated carbocycles. The summed E-state index contributed by atoms with van der Waals surface area (Å²) in [6.45, 7) is 11.7. The fraction of sp³-hybridized carbons (Fsp3) is 0.941. The summed E-state index contributed by atoms with van der Waals surface area (Å²) in [5.74, 6) is -0.0277. The van der Waals surface area contributed by atoms with E-state index >= 15 is 0 Å². The molecule has 0 saturated heterocycles. The van der Waals surface area contributed by atoms with Crippen molar-refractivity contribution in [2.75, 3.05) is 39.6 Å². The molecule has 0 spiro atoms. The summed E-state index contributed by atoms with van der Waals surface area (Å²) < 4.78 is 68.1. The first kappa shape index (κ1) is 85.1. The number of esters is 4. The summed E-state index contributed by atoms with van der Waals surface area (Å²) in [6.07, 6.45) is 42.0. The molecular formula is C68H132O17P2. The number of aliphatic hydroxyl groups excluding tert-OH is 1. The summed E-state index contributed by atoms with van der Waals surface area (Å²) >= 11 is 0. The molecular weight excluding hydrogens is 1150 g/mol. The molecule has 0 aromatic rings. The summed E-state index contributed by atoms with van der Waals surface area (Å²) in [7, 11) is -9.90. The molecule has 516 valence electrons. The lowest BCUT2D eigenvalue weighted by Gasteiger charge is -2.21. The van der Waals surface area contributed by atoms with E-state index in [1.54, 1.807) is 0 Å². The van der Waals surface area contributed by atoms with Gasteiger partial charge in [-0.2, -0.15) is 0 Å². The largest absolute Gasteiger partial charge is 0.472 e. The SMILES string of the molecule is CCCCCCCCCCCCCCCCCCCC(=O)O[C@H](COC(=O)CCCCCCCCCC(C)C)COP(=O)(O)OC[C@@H](O)COP(=O)(O)OC[C@@H](COC(=O)CCCCCCCCCC(C)C)OC(=O)CCCCCCCCCC(C)C. The van der Waals surface area contributed by atoms with Crippen LogP contribution in [0.15, 0.2) is 0 Å². The van der Waals surface area contributed by atoms with Crippen LogP contribution < -0.4 is 0 Å². The summed E-state index contributed by atoms with van der Waals surface area (Å²) in [6, 6.07) is 0. The summed E-state index contributed by atoms with van der Waals surface area (Å²) in [5, 5.41) is 10.6. The Morgan fingerprint density at radius 3 is 0.782 bits per heavy atom. The fourth-order valence-electron chi connectivity index (χ4n) is 10.2.